The van der Waals surface area contributed by atoms with Gasteiger partial charge in [0.2, 0.25) is 0 Å². The van der Waals surface area contributed by atoms with Crippen LogP contribution in [0.5, 0.6) is 11.5 Å². The van der Waals surface area contributed by atoms with Crippen molar-refractivity contribution in [3.8, 4) is 11.5 Å². The fourth-order valence-electron chi connectivity index (χ4n) is 10.1. The van der Waals surface area contributed by atoms with Crippen LogP contribution in [0.15, 0.2) is 194 Å². The third-order valence-electron chi connectivity index (χ3n) is 13.0. The molecule has 4 heteroatoms. The maximum absolute atomic E-state index is 6.87. The lowest BCUT2D eigenvalue weighted by Gasteiger charge is -2.32. The number of hydrogen-bond acceptors (Lipinski definition) is 4. The van der Waals surface area contributed by atoms with Crippen LogP contribution in [0.1, 0.15) is 34.1 Å². The van der Waals surface area contributed by atoms with Crippen LogP contribution in [0.3, 0.4) is 0 Å². The third kappa shape index (κ3) is 5.23. The van der Waals surface area contributed by atoms with Crippen LogP contribution in [-0.4, -0.2) is 12.2 Å². The largest absolute Gasteiger partial charge is 0.483 e. The van der Waals surface area contributed by atoms with Gasteiger partial charge in [-0.05, 0) is 95.1 Å². The van der Waals surface area contributed by atoms with Crippen LogP contribution in [-0.2, 0) is 0 Å². The van der Waals surface area contributed by atoms with Crippen LogP contribution < -0.4 is 19.3 Å². The van der Waals surface area contributed by atoms with E-state index in [0.29, 0.717) is 0 Å². The predicted molar refractivity (Wildman–Crippen MR) is 249 cm³/mol. The summed E-state index contributed by atoms with van der Waals surface area (Å²) in [5.74, 6) is 2.25. The lowest BCUT2D eigenvalue weighted by atomic mass is 9.91. The van der Waals surface area contributed by atoms with Gasteiger partial charge >= 0.3 is 0 Å². The van der Waals surface area contributed by atoms with Crippen LogP contribution in [0.2, 0.25) is 0 Å². The number of aryl methyl sites for hydroxylation is 2. The van der Waals surface area contributed by atoms with Crippen molar-refractivity contribution >= 4 is 66.4 Å². The van der Waals surface area contributed by atoms with E-state index in [4.69, 9.17) is 9.47 Å². The van der Waals surface area contributed by atoms with Gasteiger partial charge in [0.15, 0.2) is 0 Å². The normalized spacial score (nSPS) is 19.2. The summed E-state index contributed by atoms with van der Waals surface area (Å²) in [6.45, 7) is 4.41. The SMILES string of the molecule is Cc1ccccc1N(c1cccc2c1OC1C=CC=CC21)c1cc2c3ccccc3c(N(c3ccccc3C)c3cccc4c3OC3C=CC=CC43)cc2c2ccccc12. The number of allylic oxidation sites excluding steroid dienone is 4. The number of fused-ring (bicyclic) bond motifs is 11. The molecule has 4 unspecified atom stereocenters. The molecule has 0 spiro atoms. The van der Waals surface area contributed by atoms with E-state index >= 15 is 0 Å². The topological polar surface area (TPSA) is 24.9 Å². The van der Waals surface area contributed by atoms with Crippen LogP contribution in [0, 0.1) is 13.8 Å². The molecule has 8 aromatic rings. The van der Waals surface area contributed by atoms with Crippen molar-refractivity contribution in [1.29, 1.82) is 0 Å². The van der Waals surface area contributed by atoms with Gasteiger partial charge in [-0.2, -0.15) is 0 Å². The van der Waals surface area contributed by atoms with Gasteiger partial charge in [-0.3, -0.25) is 0 Å². The molecule has 2 heterocycles. The summed E-state index contributed by atoms with van der Waals surface area (Å²) in [5, 5.41) is 7.08. The van der Waals surface area contributed by atoms with Crippen molar-refractivity contribution in [3.63, 3.8) is 0 Å². The fourth-order valence-corrected chi connectivity index (χ4v) is 10.1. The Morgan fingerprint density at radius 2 is 0.733 bits per heavy atom. The molecule has 0 bridgehead atoms. The van der Waals surface area contributed by atoms with E-state index in [1.54, 1.807) is 0 Å². The first-order valence-electron chi connectivity index (χ1n) is 21.0. The predicted octanol–water partition coefficient (Wildman–Crippen LogP) is 14.6. The van der Waals surface area contributed by atoms with Crippen molar-refractivity contribution in [2.75, 3.05) is 9.80 Å². The van der Waals surface area contributed by atoms with Gasteiger partial charge in [0.1, 0.15) is 23.7 Å². The monoisotopic (exact) mass is 774 g/mol. The molecule has 4 aliphatic rings. The van der Waals surface area contributed by atoms with E-state index < -0.39 is 0 Å². The summed E-state index contributed by atoms with van der Waals surface area (Å²) >= 11 is 0. The highest BCUT2D eigenvalue weighted by Crippen LogP contribution is 2.55. The number of rotatable bonds is 6. The summed E-state index contributed by atoms with van der Waals surface area (Å²) in [6, 6.07) is 53.3. The summed E-state index contributed by atoms with van der Waals surface area (Å²) in [4.78, 5) is 4.88. The van der Waals surface area contributed by atoms with Gasteiger partial charge in [0, 0.05) is 45.1 Å². The zero-order chi connectivity index (χ0) is 39.9. The molecule has 4 nitrogen and oxygen atoms in total. The lowest BCUT2D eigenvalue weighted by Crippen LogP contribution is -2.16. The first kappa shape index (κ1) is 34.7. The average Bonchev–Trinajstić information content (AvgIpc) is 3.88. The minimum atomic E-state index is -0.0231. The highest BCUT2D eigenvalue weighted by atomic mass is 16.5. The number of hydrogen-bond donors (Lipinski definition) is 0. The van der Waals surface area contributed by atoms with Gasteiger partial charge in [0.05, 0.1) is 22.7 Å². The number of para-hydroxylation sites is 4. The molecule has 0 saturated heterocycles. The van der Waals surface area contributed by atoms with Gasteiger partial charge in [-0.15, -0.1) is 0 Å². The Morgan fingerprint density at radius 1 is 0.350 bits per heavy atom. The van der Waals surface area contributed by atoms with Crippen LogP contribution >= 0.6 is 0 Å². The quantitative estimate of drug-likeness (QED) is 0.157. The zero-order valence-electron chi connectivity index (χ0n) is 33.5. The van der Waals surface area contributed by atoms with Crippen molar-refractivity contribution in [1.82, 2.24) is 0 Å². The molecule has 0 aromatic heterocycles. The van der Waals surface area contributed by atoms with E-state index in [1.165, 1.54) is 43.8 Å². The second-order valence-electron chi connectivity index (χ2n) is 16.4. The number of ether oxygens (including phenoxy) is 2. The molecule has 0 radical (unpaired) electrons. The molecule has 0 N–H and O–H groups in total. The summed E-state index contributed by atoms with van der Waals surface area (Å²) in [7, 11) is 0. The Balaban J connectivity index is 1.14. The van der Waals surface area contributed by atoms with Crippen molar-refractivity contribution in [3.05, 3.63) is 216 Å². The minimum Gasteiger partial charge on any atom is -0.483 e. The molecular weight excluding hydrogens is 733 g/mol. The van der Waals surface area contributed by atoms with Crippen molar-refractivity contribution < 1.29 is 9.47 Å². The second-order valence-corrected chi connectivity index (χ2v) is 16.4. The molecule has 8 aromatic carbocycles. The number of nitrogens with zero attached hydrogens (tertiary/aromatic N) is 2. The fraction of sp³-hybridized carbons (Fsp3) is 0.107. The van der Waals surface area contributed by atoms with E-state index in [2.05, 4.69) is 218 Å². The maximum atomic E-state index is 6.87. The smallest absolute Gasteiger partial charge is 0.148 e. The highest BCUT2D eigenvalue weighted by molar-refractivity contribution is 6.24. The first-order valence-corrected chi connectivity index (χ1v) is 21.0. The maximum Gasteiger partial charge on any atom is 0.148 e. The van der Waals surface area contributed by atoms with Crippen molar-refractivity contribution in [2.24, 2.45) is 0 Å². The van der Waals surface area contributed by atoms with E-state index in [-0.39, 0.29) is 24.0 Å². The van der Waals surface area contributed by atoms with E-state index in [0.717, 1.165) is 56.4 Å². The van der Waals surface area contributed by atoms with Gasteiger partial charge in [0.25, 0.3) is 0 Å². The van der Waals surface area contributed by atoms with Gasteiger partial charge in [-0.1, -0.05) is 146 Å². The Labute approximate surface area is 350 Å². The second kappa shape index (κ2) is 13.6. The van der Waals surface area contributed by atoms with Gasteiger partial charge < -0.3 is 19.3 Å². The van der Waals surface area contributed by atoms with Gasteiger partial charge in [-0.25, -0.2) is 0 Å². The molecule has 60 heavy (non-hydrogen) atoms. The Morgan fingerprint density at radius 3 is 1.18 bits per heavy atom. The number of benzene rings is 8. The summed E-state index contributed by atoms with van der Waals surface area (Å²) in [6.07, 6.45) is 17.3. The van der Waals surface area contributed by atoms with Crippen LogP contribution in [0.25, 0.3) is 32.3 Å². The molecule has 2 aliphatic heterocycles. The lowest BCUT2D eigenvalue weighted by molar-refractivity contribution is 0.269. The third-order valence-corrected chi connectivity index (χ3v) is 13.0. The number of anilines is 6. The average molecular weight is 775 g/mol. The van der Waals surface area contributed by atoms with E-state index in [9.17, 15) is 0 Å². The molecule has 0 saturated carbocycles. The first-order chi connectivity index (χ1) is 29.6. The van der Waals surface area contributed by atoms with E-state index in [1.807, 2.05) is 0 Å². The Kier molecular flexibility index (Phi) is 7.89. The van der Waals surface area contributed by atoms with Crippen molar-refractivity contribution in [2.45, 2.75) is 37.9 Å². The van der Waals surface area contributed by atoms with Crippen LogP contribution in [0.4, 0.5) is 34.1 Å². The molecule has 4 atom stereocenters. The summed E-state index contributed by atoms with van der Waals surface area (Å²) < 4.78 is 13.7. The standard InChI is InChI=1S/C56H42N2O2/c1-35-17-3-11-27-47(35)57(49-29-15-25-43-41-23-9-13-31-53(41)59-55(43)49)51-33-45-38-20-6-8-22-40(38)52(34-46(45)37-19-5-7-21-39(37)51)58(48-28-12-4-18-36(48)2)50-30-16-26-44-42-24-10-14-32-54(42)60-56(44)50/h3-34,41-42,53-54H,1-2H3. The zero-order valence-corrected chi connectivity index (χ0v) is 33.5. The molecule has 0 fully saturated rings. The molecule has 12 rings (SSSR count). The Bertz CT molecular complexity index is 2980. The minimum absolute atomic E-state index is 0.0231. The Hall–Kier alpha value is -7.30. The summed E-state index contributed by atoms with van der Waals surface area (Å²) in [5.41, 5.74) is 11.3. The molecular formula is C56H42N2O2. The molecule has 0 amide bonds. The molecule has 2 aliphatic carbocycles. The highest BCUT2D eigenvalue weighted by Gasteiger charge is 2.37. The molecule has 288 valence electrons.